The lowest BCUT2D eigenvalue weighted by Crippen LogP contribution is -1.71. The van der Waals surface area contributed by atoms with E-state index in [9.17, 15) is 0 Å². The van der Waals surface area contributed by atoms with Gasteiger partial charge < -0.3 is 0 Å². The summed E-state index contributed by atoms with van der Waals surface area (Å²) >= 11 is 0. The Labute approximate surface area is 48.2 Å². The fraction of sp³-hybridized carbons (Fsp3) is 0.833. The highest BCUT2D eigenvalue weighted by Gasteiger charge is 1.77. The fourth-order valence-electron chi connectivity index (χ4n) is 0.539. The molecule has 0 rings (SSSR count). The standard InChI is InChI=1S/C6H15P/c1-2-3-4-5-6-7/h6H,2-5H2,1,7H3. The topological polar surface area (TPSA) is 0 Å². The summed E-state index contributed by atoms with van der Waals surface area (Å²) in [5, 5.41) is 0. The van der Waals surface area contributed by atoms with Gasteiger partial charge in [0.25, 0.3) is 0 Å². The first-order valence-corrected chi connectivity index (χ1v) is 3.84. The fourth-order valence-corrected chi connectivity index (χ4v) is 0.827. The minimum absolute atomic E-state index is 1.31. The summed E-state index contributed by atoms with van der Waals surface area (Å²) < 4.78 is 0. The SMILES string of the molecule is CCCCCC=[PH3]. The van der Waals surface area contributed by atoms with Crippen molar-refractivity contribution in [2.45, 2.75) is 32.6 Å². The summed E-state index contributed by atoms with van der Waals surface area (Å²) in [6.07, 6.45) is 5.44. The first kappa shape index (κ1) is 7.30. The molecule has 0 aliphatic rings. The van der Waals surface area contributed by atoms with Crippen LogP contribution in [0.3, 0.4) is 0 Å². The van der Waals surface area contributed by atoms with E-state index < -0.39 is 0 Å². The Morgan fingerprint density at radius 3 is 2.57 bits per heavy atom. The van der Waals surface area contributed by atoms with Gasteiger partial charge in [-0.2, -0.15) is 0 Å². The molecule has 0 aromatic heterocycles. The summed E-state index contributed by atoms with van der Waals surface area (Å²) in [6, 6.07) is 0. The second kappa shape index (κ2) is 6.30. The van der Waals surface area contributed by atoms with E-state index in [4.69, 9.17) is 0 Å². The van der Waals surface area contributed by atoms with Gasteiger partial charge in [-0.3, -0.25) is 0 Å². The molecule has 0 radical (unpaired) electrons. The van der Waals surface area contributed by atoms with Crippen LogP contribution in [-0.2, 0) is 0 Å². The van der Waals surface area contributed by atoms with Gasteiger partial charge >= 0.3 is 0 Å². The second-order valence-electron chi connectivity index (χ2n) is 1.78. The maximum atomic E-state index is 2.26. The van der Waals surface area contributed by atoms with Crippen molar-refractivity contribution in [1.82, 2.24) is 0 Å². The molecule has 0 aliphatic heterocycles. The second-order valence-corrected chi connectivity index (χ2v) is 2.36. The normalized spacial score (nSPS) is 9.29. The summed E-state index contributed by atoms with van der Waals surface area (Å²) in [4.78, 5) is 0. The Morgan fingerprint density at radius 2 is 2.14 bits per heavy atom. The molecule has 0 bridgehead atoms. The highest BCUT2D eigenvalue weighted by atomic mass is 31.0. The zero-order chi connectivity index (χ0) is 5.54. The minimum atomic E-state index is 1.31. The Kier molecular flexibility index (Phi) is 6.57. The van der Waals surface area contributed by atoms with Gasteiger partial charge in [0.1, 0.15) is 0 Å². The molecule has 0 aromatic carbocycles. The van der Waals surface area contributed by atoms with Crippen LogP contribution in [0.4, 0.5) is 0 Å². The molecule has 0 spiro atoms. The molecule has 44 valence electrons. The van der Waals surface area contributed by atoms with Gasteiger partial charge in [-0.25, -0.2) is 0 Å². The van der Waals surface area contributed by atoms with Crippen molar-refractivity contribution in [2.24, 2.45) is 0 Å². The lowest BCUT2D eigenvalue weighted by Gasteiger charge is -1.87. The summed E-state index contributed by atoms with van der Waals surface area (Å²) in [6.45, 7) is 2.23. The molecular weight excluding hydrogens is 103 g/mol. The monoisotopic (exact) mass is 118 g/mol. The van der Waals surface area contributed by atoms with Gasteiger partial charge in [0.2, 0.25) is 0 Å². The van der Waals surface area contributed by atoms with Crippen LogP contribution in [0, 0.1) is 0 Å². The van der Waals surface area contributed by atoms with E-state index in [2.05, 4.69) is 12.7 Å². The van der Waals surface area contributed by atoms with E-state index in [0.717, 1.165) is 0 Å². The van der Waals surface area contributed by atoms with E-state index >= 15 is 0 Å². The van der Waals surface area contributed by atoms with E-state index in [1.54, 1.807) is 0 Å². The quantitative estimate of drug-likeness (QED) is 0.391. The van der Waals surface area contributed by atoms with Crippen molar-refractivity contribution >= 4 is 14.7 Å². The summed E-state index contributed by atoms with van der Waals surface area (Å²) in [7, 11) is 1.95. The van der Waals surface area contributed by atoms with E-state index in [1.807, 2.05) is 8.86 Å². The molecular formula is C6H15P. The van der Waals surface area contributed by atoms with E-state index in [1.165, 1.54) is 25.7 Å². The van der Waals surface area contributed by atoms with Gasteiger partial charge in [0.05, 0.1) is 0 Å². The molecule has 1 unspecified atom stereocenters. The van der Waals surface area contributed by atoms with Crippen LogP contribution in [0.15, 0.2) is 0 Å². The van der Waals surface area contributed by atoms with E-state index in [-0.39, 0.29) is 0 Å². The number of unbranched alkanes of at least 4 members (excludes halogenated alkanes) is 3. The molecule has 0 nitrogen and oxygen atoms in total. The van der Waals surface area contributed by atoms with Crippen molar-refractivity contribution in [3.05, 3.63) is 0 Å². The minimum Gasteiger partial charge on any atom is -0.147 e. The average Bonchev–Trinajstić information content (AvgIpc) is 1.69. The predicted octanol–water partition coefficient (Wildman–Crippen LogP) is 1.98. The molecule has 0 saturated heterocycles. The molecule has 0 amide bonds. The highest BCUT2D eigenvalue weighted by molar-refractivity contribution is 7.18. The molecule has 0 aromatic rings. The van der Waals surface area contributed by atoms with Crippen molar-refractivity contribution < 1.29 is 0 Å². The largest absolute Gasteiger partial charge is 0.147 e. The maximum absolute atomic E-state index is 2.26. The Morgan fingerprint density at radius 1 is 1.43 bits per heavy atom. The van der Waals surface area contributed by atoms with Gasteiger partial charge in [-0.1, -0.05) is 25.6 Å². The lowest BCUT2D eigenvalue weighted by molar-refractivity contribution is 0.748. The van der Waals surface area contributed by atoms with Crippen LogP contribution in [0.5, 0.6) is 0 Å². The van der Waals surface area contributed by atoms with Crippen LogP contribution >= 0.6 is 8.86 Å². The first-order chi connectivity index (χ1) is 3.41. The molecule has 0 heterocycles. The van der Waals surface area contributed by atoms with Crippen LogP contribution in [-0.4, -0.2) is 5.80 Å². The molecule has 0 saturated carbocycles. The van der Waals surface area contributed by atoms with Crippen molar-refractivity contribution in [3.63, 3.8) is 0 Å². The molecule has 7 heavy (non-hydrogen) atoms. The van der Waals surface area contributed by atoms with Gasteiger partial charge in [-0.15, -0.1) is 8.86 Å². The molecule has 1 atom stereocenters. The first-order valence-electron chi connectivity index (χ1n) is 3.02. The Hall–Kier alpha value is 0.300. The lowest BCUT2D eigenvalue weighted by atomic mass is 10.2. The van der Waals surface area contributed by atoms with Crippen LogP contribution in [0.25, 0.3) is 0 Å². The van der Waals surface area contributed by atoms with Crippen LogP contribution in [0.2, 0.25) is 0 Å². The third-order valence-electron chi connectivity index (χ3n) is 1.01. The highest BCUT2D eigenvalue weighted by Crippen LogP contribution is 1.95. The average molecular weight is 118 g/mol. The van der Waals surface area contributed by atoms with Crippen LogP contribution < -0.4 is 0 Å². The van der Waals surface area contributed by atoms with Gasteiger partial charge in [0.15, 0.2) is 0 Å². The predicted molar refractivity (Wildman–Crippen MR) is 41.3 cm³/mol. The van der Waals surface area contributed by atoms with Crippen LogP contribution in [0.1, 0.15) is 32.6 Å². The number of hydrogen-bond donors (Lipinski definition) is 0. The third kappa shape index (κ3) is 6.30. The summed E-state index contributed by atoms with van der Waals surface area (Å²) in [5.41, 5.74) is 0. The Bertz CT molecular complexity index is 41.4. The van der Waals surface area contributed by atoms with Crippen molar-refractivity contribution in [3.8, 4) is 0 Å². The van der Waals surface area contributed by atoms with Crippen molar-refractivity contribution in [2.75, 3.05) is 0 Å². The zero-order valence-corrected chi connectivity index (χ0v) is 6.53. The molecule has 0 N–H and O–H groups in total. The number of rotatable bonds is 4. The summed E-state index contributed by atoms with van der Waals surface area (Å²) in [5.74, 6) is 2.26. The zero-order valence-electron chi connectivity index (χ0n) is 5.11. The van der Waals surface area contributed by atoms with Gasteiger partial charge in [-0.05, 0) is 12.8 Å². The van der Waals surface area contributed by atoms with Gasteiger partial charge in [0, 0.05) is 0 Å². The third-order valence-corrected chi connectivity index (χ3v) is 1.42. The molecule has 0 fully saturated rings. The van der Waals surface area contributed by atoms with Crippen molar-refractivity contribution in [1.29, 1.82) is 0 Å². The van der Waals surface area contributed by atoms with E-state index in [0.29, 0.717) is 0 Å². The molecule has 0 aliphatic carbocycles. The maximum Gasteiger partial charge on any atom is -0.0353 e. The smallest absolute Gasteiger partial charge is 0.0353 e. The molecule has 1 heteroatoms. The Balaban J connectivity index is 2.56. The number of hydrogen-bond acceptors (Lipinski definition) is 0.